The molecule has 2 heterocycles. The Bertz CT molecular complexity index is 3430. The quantitative estimate of drug-likeness (QED) is 0.178. The molecule has 0 bridgehead atoms. The molecule has 3 heteroatoms. The summed E-state index contributed by atoms with van der Waals surface area (Å²) in [7, 11) is 0. The maximum Gasteiger partial charge on any atom is 0.136 e. The molecule has 0 saturated heterocycles. The Kier molecular flexibility index (Phi) is 6.56. The van der Waals surface area contributed by atoms with Gasteiger partial charge in [0, 0.05) is 47.9 Å². The van der Waals surface area contributed by atoms with E-state index < -0.39 is 5.41 Å². The second-order valence-corrected chi connectivity index (χ2v) is 16.6. The Hall–Kier alpha value is -7.20. The van der Waals surface area contributed by atoms with E-state index in [0.29, 0.717) is 0 Å². The minimum atomic E-state index is -0.421. The second-order valence-electron chi connectivity index (χ2n) is 15.5. The Morgan fingerprint density at radius 1 is 0.414 bits per heavy atom. The van der Waals surface area contributed by atoms with Gasteiger partial charge in [0.15, 0.2) is 0 Å². The zero-order valence-electron chi connectivity index (χ0n) is 31.3. The number of para-hydroxylation sites is 1. The molecule has 2 nitrogen and oxygen atoms in total. The van der Waals surface area contributed by atoms with Gasteiger partial charge in [0.25, 0.3) is 0 Å². The third kappa shape index (κ3) is 4.16. The number of rotatable bonds is 4. The average Bonchev–Trinajstić information content (AvgIpc) is 4.02. The van der Waals surface area contributed by atoms with Crippen molar-refractivity contribution in [2.45, 2.75) is 5.41 Å². The zero-order chi connectivity index (χ0) is 38.0. The van der Waals surface area contributed by atoms with E-state index in [1.807, 2.05) is 11.3 Å². The summed E-state index contributed by atoms with van der Waals surface area (Å²) in [6.45, 7) is 0. The van der Waals surface area contributed by atoms with Gasteiger partial charge in [0.05, 0.1) is 11.1 Å². The van der Waals surface area contributed by atoms with Gasteiger partial charge < -0.3 is 9.32 Å². The van der Waals surface area contributed by atoms with Gasteiger partial charge in [0.1, 0.15) is 11.2 Å². The Labute approximate surface area is 339 Å². The van der Waals surface area contributed by atoms with Gasteiger partial charge in [-0.3, -0.25) is 0 Å². The monoisotopic (exact) mass is 755 g/mol. The van der Waals surface area contributed by atoms with Crippen LogP contribution in [0.15, 0.2) is 205 Å². The van der Waals surface area contributed by atoms with Crippen molar-refractivity contribution in [2.75, 3.05) is 4.90 Å². The highest BCUT2D eigenvalue weighted by molar-refractivity contribution is 7.26. The second kappa shape index (κ2) is 11.9. The first-order chi connectivity index (χ1) is 28.8. The van der Waals surface area contributed by atoms with E-state index in [4.69, 9.17) is 4.42 Å². The van der Waals surface area contributed by atoms with Crippen LogP contribution in [0.4, 0.5) is 17.1 Å². The standard InChI is InChI=1S/C55H33NOS/c1-2-16-35(17-3-1)56(47-28-14-27-46-51(47)42-22-6-10-26-45(42)55(46)43-24-8-4-19-38(43)39-20-5-9-25-44(39)55)36-18-12-15-34(33-36)37-23-13-29-48-52(37)53-49(57-48)32-31-41-40-21-7-11-30-50(40)58-54(41)53/h1-33H. The summed E-state index contributed by atoms with van der Waals surface area (Å²) < 4.78 is 9.18. The van der Waals surface area contributed by atoms with Crippen molar-refractivity contribution in [2.24, 2.45) is 0 Å². The highest BCUT2D eigenvalue weighted by Crippen LogP contribution is 2.64. The summed E-state index contributed by atoms with van der Waals surface area (Å²) >= 11 is 1.85. The largest absolute Gasteiger partial charge is 0.456 e. The summed E-state index contributed by atoms with van der Waals surface area (Å²) in [4.78, 5) is 2.46. The van der Waals surface area contributed by atoms with Gasteiger partial charge >= 0.3 is 0 Å². The number of nitrogens with zero attached hydrogens (tertiary/aromatic N) is 1. The van der Waals surface area contributed by atoms with Crippen LogP contribution < -0.4 is 4.90 Å². The molecule has 0 saturated carbocycles. The predicted molar refractivity (Wildman–Crippen MR) is 243 cm³/mol. The van der Waals surface area contributed by atoms with Gasteiger partial charge in [0.2, 0.25) is 0 Å². The molecule has 2 aliphatic carbocycles. The summed E-state index contributed by atoms with van der Waals surface area (Å²) in [6, 6.07) is 73.6. The Morgan fingerprint density at radius 3 is 1.83 bits per heavy atom. The van der Waals surface area contributed by atoms with E-state index in [2.05, 4.69) is 205 Å². The minimum Gasteiger partial charge on any atom is -0.456 e. The van der Waals surface area contributed by atoms with Gasteiger partial charge in [-0.2, -0.15) is 0 Å². The van der Waals surface area contributed by atoms with Crippen LogP contribution in [0.2, 0.25) is 0 Å². The van der Waals surface area contributed by atoms with Crippen molar-refractivity contribution >= 4 is 70.5 Å². The first kappa shape index (κ1) is 31.9. The zero-order valence-corrected chi connectivity index (χ0v) is 32.1. The Balaban J connectivity index is 1.06. The lowest BCUT2D eigenvalue weighted by Crippen LogP contribution is -2.26. The number of thiophene rings is 1. The molecular weight excluding hydrogens is 723 g/mol. The molecular formula is C55H33NOS. The molecule has 13 rings (SSSR count). The summed E-state index contributed by atoms with van der Waals surface area (Å²) in [5.74, 6) is 0. The van der Waals surface area contributed by atoms with Gasteiger partial charge in [-0.1, -0.05) is 146 Å². The molecule has 0 fully saturated rings. The van der Waals surface area contributed by atoms with Crippen molar-refractivity contribution in [1.82, 2.24) is 0 Å². The molecule has 11 aromatic rings. The maximum atomic E-state index is 6.61. The summed E-state index contributed by atoms with van der Waals surface area (Å²) in [6.07, 6.45) is 0. The first-order valence-corrected chi connectivity index (χ1v) is 20.7. The van der Waals surface area contributed by atoms with E-state index in [0.717, 1.165) is 44.7 Å². The van der Waals surface area contributed by atoms with Crippen molar-refractivity contribution in [3.05, 3.63) is 222 Å². The van der Waals surface area contributed by atoms with Gasteiger partial charge in [-0.15, -0.1) is 11.3 Å². The molecule has 2 aliphatic rings. The highest BCUT2D eigenvalue weighted by Gasteiger charge is 2.52. The van der Waals surface area contributed by atoms with Crippen LogP contribution in [-0.2, 0) is 5.41 Å². The smallest absolute Gasteiger partial charge is 0.136 e. The lowest BCUT2D eigenvalue weighted by atomic mass is 9.70. The molecule has 0 atom stereocenters. The summed E-state index contributed by atoms with van der Waals surface area (Å²) in [5, 5.41) is 4.92. The van der Waals surface area contributed by atoms with Crippen molar-refractivity contribution < 1.29 is 4.42 Å². The van der Waals surface area contributed by atoms with Crippen LogP contribution in [0.3, 0.4) is 0 Å². The van der Waals surface area contributed by atoms with E-state index >= 15 is 0 Å². The van der Waals surface area contributed by atoms with Crippen LogP contribution in [0.1, 0.15) is 22.3 Å². The fourth-order valence-corrected chi connectivity index (χ4v) is 11.7. The van der Waals surface area contributed by atoms with Crippen molar-refractivity contribution in [1.29, 1.82) is 0 Å². The Morgan fingerprint density at radius 2 is 1.02 bits per heavy atom. The topological polar surface area (TPSA) is 16.4 Å². The molecule has 58 heavy (non-hydrogen) atoms. The van der Waals surface area contributed by atoms with Crippen LogP contribution in [-0.4, -0.2) is 0 Å². The predicted octanol–water partition coefficient (Wildman–Crippen LogP) is 15.4. The average molecular weight is 756 g/mol. The number of furan rings is 1. The third-order valence-electron chi connectivity index (χ3n) is 12.7. The lowest BCUT2D eigenvalue weighted by molar-refractivity contribution is 0.669. The van der Waals surface area contributed by atoms with Gasteiger partial charge in [-0.25, -0.2) is 0 Å². The lowest BCUT2D eigenvalue weighted by Gasteiger charge is -2.32. The fourth-order valence-electron chi connectivity index (χ4n) is 10.5. The van der Waals surface area contributed by atoms with Crippen LogP contribution in [0.5, 0.6) is 0 Å². The molecule has 270 valence electrons. The maximum absolute atomic E-state index is 6.61. The van der Waals surface area contributed by atoms with E-state index in [1.54, 1.807) is 0 Å². The SMILES string of the molecule is c1ccc(N(c2cccc(-c3cccc4oc5ccc6c7ccccc7sc6c5c34)c2)c2cccc3c2-c2ccccc2C32c3ccccc3-c3ccccc32)cc1. The van der Waals surface area contributed by atoms with Crippen molar-refractivity contribution in [3.63, 3.8) is 0 Å². The molecule has 0 aliphatic heterocycles. The highest BCUT2D eigenvalue weighted by atomic mass is 32.1. The molecule has 0 unspecified atom stereocenters. The number of anilines is 3. The number of benzene rings is 9. The molecule has 9 aromatic carbocycles. The van der Waals surface area contributed by atoms with Crippen molar-refractivity contribution in [3.8, 4) is 33.4 Å². The van der Waals surface area contributed by atoms with E-state index in [-0.39, 0.29) is 0 Å². The number of hydrogen-bond acceptors (Lipinski definition) is 3. The first-order valence-electron chi connectivity index (χ1n) is 19.9. The van der Waals surface area contributed by atoms with Crippen LogP contribution in [0.25, 0.3) is 75.5 Å². The third-order valence-corrected chi connectivity index (χ3v) is 13.9. The van der Waals surface area contributed by atoms with Gasteiger partial charge in [-0.05, 0) is 105 Å². The van der Waals surface area contributed by atoms with Crippen LogP contribution in [0, 0.1) is 0 Å². The summed E-state index contributed by atoms with van der Waals surface area (Å²) in [5.41, 5.74) is 17.6. The fraction of sp³-hybridized carbons (Fsp3) is 0.0182. The minimum absolute atomic E-state index is 0.421. The number of hydrogen-bond donors (Lipinski definition) is 0. The van der Waals surface area contributed by atoms with Crippen LogP contribution >= 0.6 is 11.3 Å². The normalized spacial score (nSPS) is 13.3. The molecule has 0 N–H and O–H groups in total. The molecule has 0 amide bonds. The molecule has 0 radical (unpaired) electrons. The molecule has 1 spiro atoms. The molecule has 2 aromatic heterocycles. The van der Waals surface area contributed by atoms with E-state index in [1.165, 1.54) is 70.1 Å². The number of fused-ring (bicyclic) bond motifs is 17. The van der Waals surface area contributed by atoms with E-state index in [9.17, 15) is 0 Å².